The molecule has 0 unspecified atom stereocenters. The molecule has 1 aliphatic rings. The molecule has 1 aromatic carbocycles. The van der Waals surface area contributed by atoms with Crippen molar-refractivity contribution in [1.29, 1.82) is 0 Å². The molecule has 0 bridgehead atoms. The van der Waals surface area contributed by atoms with E-state index >= 15 is 0 Å². The van der Waals surface area contributed by atoms with Crippen molar-refractivity contribution >= 4 is 11.6 Å². The van der Waals surface area contributed by atoms with E-state index in [1.165, 1.54) is 18.5 Å². The third-order valence-corrected chi connectivity index (χ3v) is 5.05. The Morgan fingerprint density at radius 1 is 1.31 bits per heavy atom. The molecule has 0 spiro atoms. The minimum Gasteiger partial charge on any atom is -0.372 e. The minimum atomic E-state index is -0.0256. The molecule has 2 heterocycles. The van der Waals surface area contributed by atoms with Crippen LogP contribution in [0, 0.1) is 12.8 Å². The lowest BCUT2D eigenvalue weighted by Gasteiger charge is -2.32. The first kappa shape index (κ1) is 18.4. The van der Waals surface area contributed by atoms with Gasteiger partial charge in [0.2, 0.25) is 11.8 Å². The lowest BCUT2D eigenvalue weighted by atomic mass is 9.98. The van der Waals surface area contributed by atoms with E-state index in [0.29, 0.717) is 24.6 Å². The van der Waals surface area contributed by atoms with E-state index in [0.717, 1.165) is 24.6 Å². The average molecular weight is 356 g/mol. The highest BCUT2D eigenvalue weighted by molar-refractivity contribution is 5.76. The summed E-state index contributed by atoms with van der Waals surface area (Å²) in [6.45, 7) is 8.35. The van der Waals surface area contributed by atoms with Crippen molar-refractivity contribution in [2.75, 3.05) is 18.0 Å². The maximum absolute atomic E-state index is 12.1. The average Bonchev–Trinajstić information content (AvgIpc) is 3.06. The lowest BCUT2D eigenvalue weighted by Crippen LogP contribution is -2.32. The number of benzene rings is 1. The highest BCUT2D eigenvalue weighted by Gasteiger charge is 2.17. The van der Waals surface area contributed by atoms with Crippen molar-refractivity contribution in [1.82, 2.24) is 15.5 Å². The second-order valence-corrected chi connectivity index (χ2v) is 7.29. The smallest absolute Gasteiger partial charge is 0.227 e. The van der Waals surface area contributed by atoms with E-state index < -0.39 is 0 Å². The molecule has 1 N–H and O–H groups in total. The third-order valence-electron chi connectivity index (χ3n) is 5.05. The minimum absolute atomic E-state index is 0.0116. The number of carbonyl (C=O) groups excluding carboxylic acids is 1. The van der Waals surface area contributed by atoms with Crippen LogP contribution in [0.15, 0.2) is 28.8 Å². The van der Waals surface area contributed by atoms with Gasteiger partial charge >= 0.3 is 0 Å². The first-order chi connectivity index (χ1) is 12.5. The number of amides is 1. The maximum atomic E-state index is 12.1. The van der Waals surface area contributed by atoms with Crippen LogP contribution in [0.1, 0.15) is 56.4 Å². The predicted molar refractivity (Wildman–Crippen MR) is 101 cm³/mol. The van der Waals surface area contributed by atoms with Crippen LogP contribution < -0.4 is 10.2 Å². The summed E-state index contributed by atoms with van der Waals surface area (Å²) in [5.74, 6) is 1.92. The Morgan fingerprint density at radius 3 is 2.62 bits per heavy atom. The van der Waals surface area contributed by atoms with Crippen molar-refractivity contribution < 1.29 is 9.32 Å². The number of nitrogens with one attached hydrogen (secondary N) is 1. The standard InChI is InChI=1S/C20H28N4O2/c1-14-10-12-24(13-11-14)18-6-4-17(5-7-18)15(2)21-19(25)8-9-20-22-16(3)23-26-20/h4-7,14-15H,8-13H2,1-3H3,(H,21,25)/t15-/m0/s1. The van der Waals surface area contributed by atoms with Crippen LogP contribution in [-0.2, 0) is 11.2 Å². The van der Waals surface area contributed by atoms with Crippen LogP contribution in [0.3, 0.4) is 0 Å². The summed E-state index contributed by atoms with van der Waals surface area (Å²) in [7, 11) is 0. The third kappa shape index (κ3) is 4.84. The molecule has 3 rings (SSSR count). The van der Waals surface area contributed by atoms with Crippen LogP contribution in [0.2, 0.25) is 0 Å². The number of carbonyl (C=O) groups is 1. The molecule has 1 atom stereocenters. The molecular weight excluding hydrogens is 328 g/mol. The summed E-state index contributed by atoms with van der Waals surface area (Å²) in [6, 6.07) is 8.52. The molecule has 1 aliphatic heterocycles. The molecule has 0 aliphatic carbocycles. The monoisotopic (exact) mass is 356 g/mol. The van der Waals surface area contributed by atoms with E-state index in [2.05, 4.69) is 51.5 Å². The van der Waals surface area contributed by atoms with Crippen molar-refractivity contribution in [2.45, 2.75) is 52.5 Å². The maximum Gasteiger partial charge on any atom is 0.227 e. The fourth-order valence-corrected chi connectivity index (χ4v) is 3.30. The Labute approximate surface area is 155 Å². The molecule has 6 heteroatoms. The second-order valence-electron chi connectivity index (χ2n) is 7.29. The van der Waals surface area contributed by atoms with Crippen LogP contribution in [-0.4, -0.2) is 29.1 Å². The summed E-state index contributed by atoms with van der Waals surface area (Å²) >= 11 is 0. The van der Waals surface area contributed by atoms with Gasteiger partial charge in [0, 0.05) is 31.6 Å². The summed E-state index contributed by atoms with van der Waals surface area (Å²) in [5, 5.41) is 6.77. The first-order valence-corrected chi connectivity index (χ1v) is 9.44. The van der Waals surface area contributed by atoms with Gasteiger partial charge in [0.15, 0.2) is 5.82 Å². The van der Waals surface area contributed by atoms with Crippen LogP contribution in [0.4, 0.5) is 5.69 Å². The largest absolute Gasteiger partial charge is 0.372 e. The van der Waals surface area contributed by atoms with E-state index in [-0.39, 0.29) is 11.9 Å². The van der Waals surface area contributed by atoms with E-state index in [9.17, 15) is 4.79 Å². The highest BCUT2D eigenvalue weighted by Crippen LogP contribution is 2.24. The fraction of sp³-hybridized carbons (Fsp3) is 0.550. The molecule has 6 nitrogen and oxygen atoms in total. The second kappa shape index (κ2) is 8.34. The number of hydrogen-bond donors (Lipinski definition) is 1. The van der Waals surface area contributed by atoms with Gasteiger partial charge in [0.25, 0.3) is 0 Å². The zero-order chi connectivity index (χ0) is 18.5. The molecule has 1 aromatic heterocycles. The molecule has 0 radical (unpaired) electrons. The van der Waals surface area contributed by atoms with Gasteiger partial charge in [0.1, 0.15) is 0 Å². The van der Waals surface area contributed by atoms with Gasteiger partial charge in [-0.25, -0.2) is 0 Å². The van der Waals surface area contributed by atoms with Crippen LogP contribution in [0.5, 0.6) is 0 Å². The Morgan fingerprint density at radius 2 is 2.00 bits per heavy atom. The van der Waals surface area contributed by atoms with Crippen LogP contribution >= 0.6 is 0 Å². The van der Waals surface area contributed by atoms with Gasteiger partial charge in [0.05, 0.1) is 6.04 Å². The quantitative estimate of drug-likeness (QED) is 0.859. The van der Waals surface area contributed by atoms with E-state index in [1.807, 2.05) is 6.92 Å². The van der Waals surface area contributed by atoms with Gasteiger partial charge in [-0.05, 0) is 50.3 Å². The molecule has 2 aromatic rings. The van der Waals surface area contributed by atoms with Gasteiger partial charge < -0.3 is 14.7 Å². The lowest BCUT2D eigenvalue weighted by molar-refractivity contribution is -0.121. The molecule has 0 saturated carbocycles. The Hall–Kier alpha value is -2.37. The van der Waals surface area contributed by atoms with Crippen molar-refractivity contribution in [3.05, 3.63) is 41.5 Å². The van der Waals surface area contributed by atoms with Gasteiger partial charge in [-0.1, -0.05) is 24.2 Å². The predicted octanol–water partition coefficient (Wildman–Crippen LogP) is 3.42. The molecule has 26 heavy (non-hydrogen) atoms. The first-order valence-electron chi connectivity index (χ1n) is 9.44. The highest BCUT2D eigenvalue weighted by atomic mass is 16.5. The van der Waals surface area contributed by atoms with Gasteiger partial charge in [-0.3, -0.25) is 4.79 Å². The topological polar surface area (TPSA) is 71.3 Å². The number of hydrogen-bond acceptors (Lipinski definition) is 5. The number of aryl methyl sites for hydroxylation is 2. The van der Waals surface area contributed by atoms with Crippen molar-refractivity contribution in [3.8, 4) is 0 Å². The number of rotatable bonds is 6. The molecule has 140 valence electrons. The number of piperidine rings is 1. The van der Waals surface area contributed by atoms with Crippen LogP contribution in [0.25, 0.3) is 0 Å². The summed E-state index contributed by atoms with van der Waals surface area (Å²) < 4.78 is 5.04. The Bertz CT molecular complexity index is 718. The van der Waals surface area contributed by atoms with Crippen molar-refractivity contribution in [2.24, 2.45) is 5.92 Å². The zero-order valence-corrected chi connectivity index (χ0v) is 15.9. The normalized spacial score (nSPS) is 16.5. The number of aromatic nitrogens is 2. The molecule has 1 saturated heterocycles. The van der Waals surface area contributed by atoms with E-state index in [4.69, 9.17) is 4.52 Å². The SMILES string of the molecule is Cc1noc(CCC(=O)N[C@@H](C)c2ccc(N3CCC(C)CC3)cc2)n1. The van der Waals surface area contributed by atoms with E-state index in [1.54, 1.807) is 6.92 Å². The zero-order valence-electron chi connectivity index (χ0n) is 15.9. The number of anilines is 1. The van der Waals surface area contributed by atoms with Crippen molar-refractivity contribution in [3.63, 3.8) is 0 Å². The van der Waals surface area contributed by atoms with Gasteiger partial charge in [-0.15, -0.1) is 0 Å². The summed E-state index contributed by atoms with van der Waals surface area (Å²) in [6.07, 6.45) is 3.32. The number of nitrogens with zero attached hydrogens (tertiary/aromatic N) is 3. The fourth-order valence-electron chi connectivity index (χ4n) is 3.30. The summed E-state index contributed by atoms with van der Waals surface area (Å²) in [5.41, 5.74) is 2.38. The molecular formula is C20H28N4O2. The Kier molecular flexibility index (Phi) is 5.91. The Balaban J connectivity index is 1.49. The van der Waals surface area contributed by atoms with Gasteiger partial charge in [-0.2, -0.15) is 4.98 Å². The molecule has 1 amide bonds. The molecule has 1 fully saturated rings. The summed E-state index contributed by atoms with van der Waals surface area (Å²) in [4.78, 5) is 18.7.